The molecular weight excluding hydrogens is 494 g/mol. The molecule has 5 rings (SSSR count). The van der Waals surface area contributed by atoms with Crippen LogP contribution in [0.2, 0.25) is 0 Å². The van der Waals surface area contributed by atoms with Gasteiger partial charge >= 0.3 is 6.09 Å². The van der Waals surface area contributed by atoms with Crippen LogP contribution in [-0.2, 0) is 11.3 Å². The Morgan fingerprint density at radius 1 is 1.05 bits per heavy atom. The Kier molecular flexibility index (Phi) is 7.32. The fourth-order valence-corrected chi connectivity index (χ4v) is 4.57. The van der Waals surface area contributed by atoms with E-state index >= 15 is 0 Å². The highest BCUT2D eigenvalue weighted by atomic mass is 16.6. The summed E-state index contributed by atoms with van der Waals surface area (Å²) >= 11 is 0. The number of aromatic nitrogens is 3. The third kappa shape index (κ3) is 6.25. The summed E-state index contributed by atoms with van der Waals surface area (Å²) in [6.45, 7) is 9.33. The summed E-state index contributed by atoms with van der Waals surface area (Å²) < 4.78 is 19.1. The van der Waals surface area contributed by atoms with Crippen LogP contribution in [0, 0.1) is 6.92 Å². The molecule has 0 radical (unpaired) electrons. The van der Waals surface area contributed by atoms with Crippen molar-refractivity contribution < 1.29 is 19.0 Å². The predicted octanol–water partition coefficient (Wildman–Crippen LogP) is 6.01. The maximum atomic E-state index is 12.6. The number of fused-ring (bicyclic) bond motifs is 1. The molecule has 4 aromatic rings. The van der Waals surface area contributed by atoms with Crippen molar-refractivity contribution in [2.75, 3.05) is 25.5 Å². The lowest BCUT2D eigenvalue weighted by molar-refractivity contribution is 0.0293. The van der Waals surface area contributed by atoms with Crippen LogP contribution in [0.3, 0.4) is 0 Å². The van der Waals surface area contributed by atoms with Crippen LogP contribution in [0.25, 0.3) is 11.0 Å². The lowest BCUT2D eigenvalue weighted by atomic mass is 10.2. The van der Waals surface area contributed by atoms with Crippen molar-refractivity contribution in [1.29, 1.82) is 0 Å². The van der Waals surface area contributed by atoms with Gasteiger partial charge in [-0.2, -0.15) is 5.10 Å². The van der Waals surface area contributed by atoms with Crippen molar-refractivity contribution in [3.8, 4) is 17.2 Å². The second kappa shape index (κ2) is 10.8. The zero-order valence-corrected chi connectivity index (χ0v) is 23.1. The van der Waals surface area contributed by atoms with Gasteiger partial charge in [-0.3, -0.25) is 0 Å². The van der Waals surface area contributed by atoms with Gasteiger partial charge in [0.25, 0.3) is 0 Å². The van der Waals surface area contributed by atoms with E-state index < -0.39 is 5.60 Å². The molecule has 0 aliphatic carbocycles. The minimum absolute atomic E-state index is 0.0116. The number of nitrogens with one attached hydrogen (secondary N) is 1. The highest BCUT2D eigenvalue weighted by Crippen LogP contribution is 2.35. The molecule has 1 N–H and O–H groups in total. The van der Waals surface area contributed by atoms with Gasteiger partial charge in [-0.25, -0.2) is 14.5 Å². The summed E-state index contributed by atoms with van der Waals surface area (Å²) in [7, 11) is 1.65. The van der Waals surface area contributed by atoms with Gasteiger partial charge in [0, 0.05) is 31.4 Å². The smallest absolute Gasteiger partial charge is 0.410 e. The van der Waals surface area contributed by atoms with E-state index in [9.17, 15) is 4.79 Å². The number of pyridine rings is 1. The molecule has 2 aromatic heterocycles. The largest absolute Gasteiger partial charge is 0.497 e. The Hall–Kier alpha value is -4.27. The Morgan fingerprint density at radius 2 is 1.77 bits per heavy atom. The van der Waals surface area contributed by atoms with Crippen molar-refractivity contribution in [2.45, 2.75) is 52.3 Å². The number of rotatable bonds is 7. The van der Waals surface area contributed by atoms with Gasteiger partial charge in [0.15, 0.2) is 11.5 Å². The summed E-state index contributed by atoms with van der Waals surface area (Å²) in [5.41, 5.74) is 2.40. The molecule has 0 bridgehead atoms. The molecule has 0 spiro atoms. The third-order valence-electron chi connectivity index (χ3n) is 6.52. The van der Waals surface area contributed by atoms with E-state index in [1.165, 1.54) is 0 Å². The van der Waals surface area contributed by atoms with E-state index in [0.29, 0.717) is 36.8 Å². The minimum atomic E-state index is -0.535. The summed E-state index contributed by atoms with van der Waals surface area (Å²) in [6, 6.07) is 17.7. The molecule has 0 unspecified atom stereocenters. The van der Waals surface area contributed by atoms with Crippen LogP contribution in [0.15, 0.2) is 60.8 Å². The first-order valence-corrected chi connectivity index (χ1v) is 13.2. The first-order valence-electron chi connectivity index (χ1n) is 13.2. The molecule has 0 saturated carbocycles. The molecule has 204 valence electrons. The van der Waals surface area contributed by atoms with Gasteiger partial charge in [0.1, 0.15) is 28.2 Å². The highest BCUT2D eigenvalue weighted by molar-refractivity contribution is 5.93. The fourth-order valence-electron chi connectivity index (χ4n) is 4.57. The van der Waals surface area contributed by atoms with E-state index in [0.717, 1.165) is 34.4 Å². The summed E-state index contributed by atoms with van der Waals surface area (Å²) in [6.07, 6.45) is 2.22. The Bertz CT molecular complexity index is 1440. The number of likely N-dealkylation sites (tertiary alicyclic amines) is 1. The van der Waals surface area contributed by atoms with E-state index in [4.69, 9.17) is 19.3 Å². The topological polar surface area (TPSA) is 90.7 Å². The molecule has 1 atom stereocenters. The quantitative estimate of drug-likeness (QED) is 0.313. The zero-order chi connectivity index (χ0) is 27.6. The first-order chi connectivity index (χ1) is 18.7. The fraction of sp³-hybridized carbons (Fsp3) is 0.367. The third-order valence-corrected chi connectivity index (χ3v) is 6.52. The summed E-state index contributed by atoms with van der Waals surface area (Å²) in [5.74, 6) is 2.87. The molecular formula is C30H35N5O4. The van der Waals surface area contributed by atoms with Crippen LogP contribution in [0.1, 0.15) is 38.3 Å². The number of nitrogens with zero attached hydrogens (tertiary/aromatic N) is 4. The van der Waals surface area contributed by atoms with Gasteiger partial charge in [0.05, 0.1) is 13.7 Å². The maximum absolute atomic E-state index is 12.6. The highest BCUT2D eigenvalue weighted by Gasteiger charge is 2.31. The second-order valence-electron chi connectivity index (χ2n) is 10.8. The number of hydrogen-bond acceptors (Lipinski definition) is 7. The Morgan fingerprint density at radius 3 is 2.46 bits per heavy atom. The van der Waals surface area contributed by atoms with Crippen LogP contribution in [0.5, 0.6) is 17.2 Å². The summed E-state index contributed by atoms with van der Waals surface area (Å²) in [5, 5.41) is 9.30. The Balaban J connectivity index is 1.45. The van der Waals surface area contributed by atoms with Crippen molar-refractivity contribution >= 4 is 22.9 Å². The number of carbonyl (C=O) groups excluding carboxylic acids is 1. The zero-order valence-electron chi connectivity index (χ0n) is 23.1. The number of aryl methyl sites for hydroxylation is 1. The molecule has 9 nitrogen and oxygen atoms in total. The van der Waals surface area contributed by atoms with Gasteiger partial charge < -0.3 is 24.4 Å². The second-order valence-corrected chi connectivity index (χ2v) is 10.8. The maximum Gasteiger partial charge on any atom is 0.410 e. The van der Waals surface area contributed by atoms with E-state index in [1.807, 2.05) is 87.0 Å². The molecule has 3 heterocycles. The lowest BCUT2D eigenvalue weighted by Gasteiger charge is -2.24. The summed E-state index contributed by atoms with van der Waals surface area (Å²) in [4.78, 5) is 19.0. The number of carbonyl (C=O) groups is 1. The number of methoxy groups -OCH3 is 1. The Labute approximate surface area is 228 Å². The first kappa shape index (κ1) is 26.3. The van der Waals surface area contributed by atoms with Gasteiger partial charge in [-0.1, -0.05) is 29.8 Å². The van der Waals surface area contributed by atoms with E-state index in [2.05, 4.69) is 10.3 Å². The standard InChI is InChI=1S/C30H35N5O4/c1-20-6-10-24(11-7-20)38-25-14-16-31-28-26(25)27(33-35(28)18-21-8-12-23(37-5)13-9-21)32-22-15-17-34(19-22)29(36)39-30(2,3)4/h6-14,16,22H,15,17-19H2,1-5H3,(H,32,33)/t22-/m1/s1. The molecule has 1 saturated heterocycles. The van der Waals surface area contributed by atoms with Gasteiger partial charge in [0.2, 0.25) is 0 Å². The predicted molar refractivity (Wildman–Crippen MR) is 151 cm³/mol. The molecule has 1 fully saturated rings. The van der Waals surface area contributed by atoms with Crippen LogP contribution in [-0.4, -0.2) is 57.6 Å². The number of amides is 1. The normalized spacial score (nSPS) is 15.4. The van der Waals surface area contributed by atoms with Crippen LogP contribution < -0.4 is 14.8 Å². The SMILES string of the molecule is COc1ccc(Cn2nc(N[C@@H]3CCN(C(=O)OC(C)(C)C)C3)c3c(Oc4ccc(C)cc4)ccnc32)cc1. The minimum Gasteiger partial charge on any atom is -0.497 e. The average molecular weight is 530 g/mol. The monoisotopic (exact) mass is 529 g/mol. The van der Waals surface area contributed by atoms with Crippen molar-refractivity contribution in [1.82, 2.24) is 19.7 Å². The molecule has 2 aromatic carbocycles. The van der Waals surface area contributed by atoms with Crippen molar-refractivity contribution in [3.05, 3.63) is 71.9 Å². The molecule has 39 heavy (non-hydrogen) atoms. The average Bonchev–Trinajstić information content (AvgIpc) is 3.51. The van der Waals surface area contributed by atoms with Crippen LogP contribution in [0.4, 0.5) is 10.6 Å². The molecule has 1 aliphatic heterocycles. The number of anilines is 1. The van der Waals surface area contributed by atoms with Crippen molar-refractivity contribution in [2.24, 2.45) is 0 Å². The number of ether oxygens (including phenoxy) is 3. The molecule has 9 heteroatoms. The van der Waals surface area contributed by atoms with Crippen LogP contribution >= 0.6 is 0 Å². The van der Waals surface area contributed by atoms with Crippen molar-refractivity contribution in [3.63, 3.8) is 0 Å². The number of hydrogen-bond donors (Lipinski definition) is 1. The number of benzene rings is 2. The lowest BCUT2D eigenvalue weighted by Crippen LogP contribution is -2.36. The van der Waals surface area contributed by atoms with E-state index in [-0.39, 0.29) is 12.1 Å². The van der Waals surface area contributed by atoms with E-state index in [1.54, 1.807) is 18.2 Å². The molecule has 1 aliphatic rings. The van der Waals surface area contributed by atoms with Gasteiger partial charge in [-0.15, -0.1) is 0 Å². The van der Waals surface area contributed by atoms with Gasteiger partial charge in [-0.05, 0) is 63.9 Å². The molecule has 1 amide bonds.